The van der Waals surface area contributed by atoms with Crippen molar-refractivity contribution in [2.24, 2.45) is 10.9 Å². The molecule has 39 heavy (non-hydrogen) atoms. The summed E-state index contributed by atoms with van der Waals surface area (Å²) in [5.41, 5.74) is 5.24. The molecule has 1 fully saturated rings. The van der Waals surface area contributed by atoms with E-state index in [2.05, 4.69) is 54.6 Å². The van der Waals surface area contributed by atoms with Gasteiger partial charge >= 0.3 is 5.69 Å². The first-order valence-electron chi connectivity index (χ1n) is 15.1. The number of amidine groups is 1. The number of unbranched alkanes of at least 4 members (excludes halogenated alkanes) is 1. The van der Waals surface area contributed by atoms with Crippen LogP contribution in [0.1, 0.15) is 103 Å². The van der Waals surface area contributed by atoms with Crippen LogP contribution in [-0.4, -0.2) is 34.0 Å². The highest BCUT2D eigenvalue weighted by molar-refractivity contribution is 6.03. The second-order valence-electron chi connectivity index (χ2n) is 9.70. The Bertz CT molecular complexity index is 1200. The molecule has 0 aliphatic heterocycles. The Kier molecular flexibility index (Phi) is 13.8. The van der Waals surface area contributed by atoms with Gasteiger partial charge in [-0.05, 0) is 50.2 Å². The van der Waals surface area contributed by atoms with Gasteiger partial charge in [0.15, 0.2) is 0 Å². The maximum absolute atomic E-state index is 13.5. The van der Waals surface area contributed by atoms with Crippen LogP contribution in [0.3, 0.4) is 0 Å². The SMILES string of the molecule is CC.CC.CCCCc1cn(CC2CCCC2)c(=O)n1C(C)c1ccc(-c2ccccc2C(=NC)NC)nc1. The molecule has 1 atom stereocenters. The van der Waals surface area contributed by atoms with Crippen LogP contribution in [0.25, 0.3) is 11.3 Å². The number of aryl methyl sites for hydroxylation is 1. The normalized spacial score (nSPS) is 14.2. The van der Waals surface area contributed by atoms with Gasteiger partial charge in [0.2, 0.25) is 0 Å². The zero-order chi connectivity index (χ0) is 28.8. The van der Waals surface area contributed by atoms with Gasteiger partial charge in [-0.25, -0.2) is 4.79 Å². The minimum Gasteiger partial charge on any atom is -0.373 e. The third-order valence-corrected chi connectivity index (χ3v) is 7.36. The van der Waals surface area contributed by atoms with Crippen molar-refractivity contribution in [3.05, 3.63) is 76.1 Å². The fourth-order valence-corrected chi connectivity index (χ4v) is 5.36. The summed E-state index contributed by atoms with van der Waals surface area (Å²) >= 11 is 0. The number of nitrogens with one attached hydrogen (secondary N) is 1. The van der Waals surface area contributed by atoms with Gasteiger partial charge in [0.1, 0.15) is 5.84 Å². The maximum Gasteiger partial charge on any atom is 0.328 e. The van der Waals surface area contributed by atoms with Gasteiger partial charge in [0, 0.05) is 49.9 Å². The van der Waals surface area contributed by atoms with E-state index in [-0.39, 0.29) is 11.7 Å². The number of aliphatic imine (C=N–C) groups is 1. The van der Waals surface area contributed by atoms with Crippen molar-refractivity contribution in [3.8, 4) is 11.3 Å². The molecule has 1 aromatic carbocycles. The maximum atomic E-state index is 13.5. The molecular weight excluding hydrogens is 482 g/mol. The fraction of sp³-hybridized carbons (Fsp3) is 0.545. The minimum atomic E-state index is -0.0685. The topological polar surface area (TPSA) is 64.2 Å². The van der Waals surface area contributed by atoms with Gasteiger partial charge in [0.05, 0.1) is 11.7 Å². The second kappa shape index (κ2) is 16.7. The molecule has 6 heteroatoms. The van der Waals surface area contributed by atoms with E-state index in [1.165, 1.54) is 25.7 Å². The molecule has 2 heterocycles. The number of hydrogen-bond donors (Lipinski definition) is 1. The van der Waals surface area contributed by atoms with Crippen molar-refractivity contribution >= 4 is 5.84 Å². The van der Waals surface area contributed by atoms with Crippen molar-refractivity contribution in [1.82, 2.24) is 19.4 Å². The van der Waals surface area contributed by atoms with E-state index in [1.807, 2.05) is 62.2 Å². The zero-order valence-electron chi connectivity index (χ0n) is 25.6. The Hall–Kier alpha value is -3.15. The molecule has 214 valence electrons. The number of hydrogen-bond acceptors (Lipinski definition) is 3. The molecule has 1 saturated carbocycles. The van der Waals surface area contributed by atoms with E-state index < -0.39 is 0 Å². The van der Waals surface area contributed by atoms with Gasteiger partial charge < -0.3 is 5.32 Å². The first kappa shape index (κ1) is 32.1. The van der Waals surface area contributed by atoms with Gasteiger partial charge in [-0.3, -0.25) is 19.1 Å². The summed E-state index contributed by atoms with van der Waals surface area (Å²) in [4.78, 5) is 22.7. The average molecular weight is 534 g/mol. The lowest BCUT2D eigenvalue weighted by Crippen LogP contribution is -2.29. The second-order valence-corrected chi connectivity index (χ2v) is 9.70. The Morgan fingerprint density at radius 3 is 2.38 bits per heavy atom. The Morgan fingerprint density at radius 1 is 1.10 bits per heavy atom. The van der Waals surface area contributed by atoms with E-state index in [0.717, 1.165) is 59.7 Å². The number of pyridine rings is 1. The summed E-state index contributed by atoms with van der Waals surface area (Å²) in [5, 5.41) is 3.17. The zero-order valence-corrected chi connectivity index (χ0v) is 25.6. The summed E-state index contributed by atoms with van der Waals surface area (Å²) in [6.45, 7) is 13.2. The fourth-order valence-electron chi connectivity index (χ4n) is 5.36. The molecule has 1 aliphatic carbocycles. The summed E-state index contributed by atoms with van der Waals surface area (Å²) in [7, 11) is 3.66. The lowest BCUT2D eigenvalue weighted by molar-refractivity contribution is 0.441. The van der Waals surface area contributed by atoms with Crippen LogP contribution >= 0.6 is 0 Å². The van der Waals surface area contributed by atoms with E-state index >= 15 is 0 Å². The van der Waals surface area contributed by atoms with Gasteiger partial charge in [-0.2, -0.15) is 0 Å². The van der Waals surface area contributed by atoms with E-state index in [1.54, 1.807) is 7.05 Å². The van der Waals surface area contributed by atoms with Crippen molar-refractivity contribution in [3.63, 3.8) is 0 Å². The highest BCUT2D eigenvalue weighted by Gasteiger charge is 2.22. The lowest BCUT2D eigenvalue weighted by Gasteiger charge is -2.17. The molecule has 1 aliphatic rings. The third-order valence-electron chi connectivity index (χ3n) is 7.36. The van der Waals surface area contributed by atoms with Crippen LogP contribution in [0.4, 0.5) is 0 Å². The molecule has 6 nitrogen and oxygen atoms in total. The number of imidazole rings is 1. The number of benzene rings is 1. The van der Waals surface area contributed by atoms with Crippen LogP contribution in [0.5, 0.6) is 0 Å². The van der Waals surface area contributed by atoms with Crippen molar-refractivity contribution in [1.29, 1.82) is 0 Å². The minimum absolute atomic E-state index is 0.0685. The molecule has 1 unspecified atom stereocenters. The van der Waals surface area contributed by atoms with Crippen molar-refractivity contribution in [2.75, 3.05) is 14.1 Å². The van der Waals surface area contributed by atoms with E-state index in [0.29, 0.717) is 5.92 Å². The van der Waals surface area contributed by atoms with Crippen molar-refractivity contribution < 1.29 is 0 Å². The van der Waals surface area contributed by atoms with Gasteiger partial charge in [-0.15, -0.1) is 0 Å². The van der Waals surface area contributed by atoms with Crippen LogP contribution in [0, 0.1) is 5.92 Å². The first-order valence-corrected chi connectivity index (χ1v) is 15.1. The van der Waals surface area contributed by atoms with Crippen LogP contribution in [0.15, 0.2) is 58.6 Å². The largest absolute Gasteiger partial charge is 0.373 e. The van der Waals surface area contributed by atoms with Crippen molar-refractivity contribution in [2.45, 2.75) is 99.1 Å². The molecule has 3 aromatic rings. The number of rotatable bonds is 9. The highest BCUT2D eigenvalue weighted by Crippen LogP contribution is 2.27. The third kappa shape index (κ3) is 7.93. The van der Waals surface area contributed by atoms with Gasteiger partial charge in [-0.1, -0.05) is 84.2 Å². The predicted octanol–water partition coefficient (Wildman–Crippen LogP) is 7.50. The average Bonchev–Trinajstić information content (AvgIpc) is 3.62. The Morgan fingerprint density at radius 2 is 1.79 bits per heavy atom. The van der Waals surface area contributed by atoms with Gasteiger partial charge in [0.25, 0.3) is 0 Å². The number of nitrogens with zero attached hydrogens (tertiary/aromatic N) is 4. The highest BCUT2D eigenvalue weighted by atomic mass is 16.1. The molecule has 0 radical (unpaired) electrons. The predicted molar refractivity (Wildman–Crippen MR) is 167 cm³/mol. The van der Waals surface area contributed by atoms with E-state index in [4.69, 9.17) is 4.98 Å². The lowest BCUT2D eigenvalue weighted by atomic mass is 10.0. The van der Waals surface area contributed by atoms with Crippen LogP contribution < -0.4 is 11.0 Å². The van der Waals surface area contributed by atoms with Crippen LogP contribution in [0.2, 0.25) is 0 Å². The smallest absolute Gasteiger partial charge is 0.328 e. The molecular formula is C33H51N5O. The van der Waals surface area contributed by atoms with E-state index in [9.17, 15) is 4.79 Å². The monoisotopic (exact) mass is 533 g/mol. The molecule has 1 N–H and O–H groups in total. The summed E-state index contributed by atoms with van der Waals surface area (Å²) in [5.74, 6) is 1.46. The molecule has 4 rings (SSSR count). The first-order chi connectivity index (χ1) is 19.1. The standard InChI is InChI=1S/C29H39N5O.2C2H6/c1-5-6-13-24-20-33(19-22-11-7-8-12-22)29(35)34(24)21(2)23-16-17-27(32-18-23)25-14-9-10-15-26(25)28(30-3)31-4;2*1-2/h9-10,14-18,20-22H,5-8,11-13,19H2,1-4H3,(H,30,31);2*1-2H3. The summed E-state index contributed by atoms with van der Waals surface area (Å²) in [6, 6.07) is 12.3. The molecule has 2 aromatic heterocycles. The molecule has 0 saturated heterocycles. The summed E-state index contributed by atoms with van der Waals surface area (Å²) < 4.78 is 3.97. The Labute approximate surface area is 236 Å². The quantitative estimate of drug-likeness (QED) is 0.229. The van der Waals surface area contributed by atoms with Crippen LogP contribution in [-0.2, 0) is 13.0 Å². The Balaban J connectivity index is 0.00000127. The number of aromatic nitrogens is 3. The molecule has 0 bridgehead atoms. The summed E-state index contributed by atoms with van der Waals surface area (Å²) in [6.07, 6.45) is 12.2. The molecule has 0 amide bonds. The molecule has 0 spiro atoms.